The van der Waals surface area contributed by atoms with Gasteiger partial charge in [-0.15, -0.1) is 0 Å². The van der Waals surface area contributed by atoms with Crippen LogP contribution in [0.5, 0.6) is 11.5 Å². The summed E-state index contributed by atoms with van der Waals surface area (Å²) in [6.45, 7) is 5.43. The zero-order valence-corrected chi connectivity index (χ0v) is 20.0. The molecule has 2 aliphatic heterocycles. The lowest BCUT2D eigenvalue weighted by molar-refractivity contribution is 0.0224. The topological polar surface area (TPSA) is 50.8 Å². The van der Waals surface area contributed by atoms with Gasteiger partial charge in [-0.2, -0.15) is 0 Å². The monoisotopic (exact) mass is 480 g/mol. The molecule has 2 heterocycles. The van der Waals surface area contributed by atoms with Gasteiger partial charge in [0.15, 0.2) is 11.4 Å². The number of rotatable bonds is 5. The van der Waals surface area contributed by atoms with Gasteiger partial charge in [-0.3, -0.25) is 0 Å². The van der Waals surface area contributed by atoms with Crippen molar-refractivity contribution in [2.45, 2.75) is 19.4 Å². The van der Waals surface area contributed by atoms with Crippen LogP contribution in [0.15, 0.2) is 84.9 Å². The second-order valence-electron chi connectivity index (χ2n) is 8.86. The first-order valence-corrected chi connectivity index (χ1v) is 12.1. The Balaban J connectivity index is 1.49. The highest BCUT2D eigenvalue weighted by atomic mass is 19.1. The summed E-state index contributed by atoms with van der Waals surface area (Å²) in [5.41, 5.74) is 3.15. The maximum absolute atomic E-state index is 15.5. The van der Waals surface area contributed by atoms with Gasteiger partial charge >= 0.3 is 5.97 Å². The van der Waals surface area contributed by atoms with Gasteiger partial charge in [0.25, 0.3) is 0 Å². The minimum atomic E-state index is -1.16. The zero-order chi connectivity index (χ0) is 24.9. The average Bonchev–Trinajstić information content (AvgIpc) is 3.20. The largest absolute Gasteiger partial charge is 0.456 e. The van der Waals surface area contributed by atoms with E-state index in [1.165, 1.54) is 0 Å². The maximum atomic E-state index is 15.5. The summed E-state index contributed by atoms with van der Waals surface area (Å²) in [4.78, 5) is 15.0. The van der Waals surface area contributed by atoms with Crippen LogP contribution in [0.25, 0.3) is 0 Å². The molecule has 36 heavy (non-hydrogen) atoms. The van der Waals surface area contributed by atoms with E-state index in [9.17, 15) is 4.79 Å². The van der Waals surface area contributed by atoms with Crippen LogP contribution < -0.4 is 15.0 Å². The van der Waals surface area contributed by atoms with Crippen molar-refractivity contribution in [2.75, 3.05) is 23.3 Å². The summed E-state index contributed by atoms with van der Waals surface area (Å²) in [5, 5.41) is 3.23. The molecule has 6 rings (SSSR count). The number of para-hydroxylation sites is 1. The number of halogens is 1. The van der Waals surface area contributed by atoms with Crippen molar-refractivity contribution >= 4 is 23.0 Å². The average molecular weight is 481 g/mol. The molecular weight excluding hydrogens is 455 g/mol. The molecule has 180 valence electrons. The van der Waals surface area contributed by atoms with E-state index < -0.39 is 5.60 Å². The van der Waals surface area contributed by atoms with Gasteiger partial charge < -0.3 is 19.7 Å². The number of nitrogens with one attached hydrogen (secondary N) is 1. The number of carbonyl (C=O) groups excluding carboxylic acids is 1. The van der Waals surface area contributed by atoms with Crippen molar-refractivity contribution in [3.05, 3.63) is 113 Å². The van der Waals surface area contributed by atoms with E-state index in [1.54, 1.807) is 18.2 Å². The fraction of sp³-hybridized carbons (Fsp3) is 0.167. The highest BCUT2D eigenvalue weighted by Crippen LogP contribution is 2.56. The summed E-state index contributed by atoms with van der Waals surface area (Å²) < 4.78 is 27.9. The molecule has 0 saturated heterocycles. The van der Waals surface area contributed by atoms with Crippen LogP contribution in [0.1, 0.15) is 40.9 Å². The van der Waals surface area contributed by atoms with Crippen LogP contribution in [0, 0.1) is 5.82 Å². The molecule has 0 radical (unpaired) electrons. The molecule has 4 aromatic carbocycles. The van der Waals surface area contributed by atoms with E-state index in [0.29, 0.717) is 52.8 Å². The second-order valence-corrected chi connectivity index (χ2v) is 8.86. The molecule has 0 bridgehead atoms. The van der Waals surface area contributed by atoms with Gasteiger partial charge in [0.2, 0.25) is 0 Å². The SMILES string of the molecule is CCN(CC)c1cccc(Nc2ccc3c(c2)C2(OC(=O)c4ccccc42)c2ccccc2O3)c1F. The minimum Gasteiger partial charge on any atom is -0.456 e. The van der Waals surface area contributed by atoms with E-state index >= 15 is 4.39 Å². The maximum Gasteiger partial charge on any atom is 0.340 e. The van der Waals surface area contributed by atoms with Crippen molar-refractivity contribution in [2.24, 2.45) is 0 Å². The van der Waals surface area contributed by atoms with Crippen LogP contribution in [0.2, 0.25) is 0 Å². The smallest absolute Gasteiger partial charge is 0.340 e. The fourth-order valence-electron chi connectivity index (χ4n) is 5.28. The van der Waals surface area contributed by atoms with E-state index in [1.807, 2.05) is 85.5 Å². The summed E-state index contributed by atoms with van der Waals surface area (Å²) in [6.07, 6.45) is 0. The molecule has 1 N–H and O–H groups in total. The number of hydrogen-bond donors (Lipinski definition) is 1. The number of hydrogen-bond acceptors (Lipinski definition) is 5. The Morgan fingerprint density at radius 2 is 1.56 bits per heavy atom. The molecule has 1 atom stereocenters. The van der Waals surface area contributed by atoms with Crippen LogP contribution in [0.4, 0.5) is 21.5 Å². The highest BCUT2D eigenvalue weighted by molar-refractivity contribution is 5.97. The molecule has 1 spiro atoms. The van der Waals surface area contributed by atoms with E-state index in [0.717, 1.165) is 11.1 Å². The fourth-order valence-corrected chi connectivity index (χ4v) is 5.28. The molecule has 1 unspecified atom stereocenters. The number of ether oxygens (including phenoxy) is 2. The molecule has 0 amide bonds. The van der Waals surface area contributed by atoms with Crippen molar-refractivity contribution in [1.29, 1.82) is 0 Å². The molecule has 0 saturated carbocycles. The van der Waals surface area contributed by atoms with E-state index in [2.05, 4.69) is 5.32 Å². The molecule has 4 aromatic rings. The molecule has 0 aromatic heterocycles. The Hall–Kier alpha value is -4.32. The number of fused-ring (bicyclic) bond motifs is 6. The molecule has 6 heteroatoms. The predicted molar refractivity (Wildman–Crippen MR) is 138 cm³/mol. The summed E-state index contributed by atoms with van der Waals surface area (Å²) in [7, 11) is 0. The lowest BCUT2D eigenvalue weighted by Crippen LogP contribution is -2.33. The molecular formula is C30H25FN2O3. The Morgan fingerprint density at radius 1 is 0.833 bits per heavy atom. The number of nitrogens with zero attached hydrogens (tertiary/aromatic N) is 1. The zero-order valence-electron chi connectivity index (χ0n) is 20.0. The predicted octanol–water partition coefficient (Wildman–Crippen LogP) is 6.98. The first-order chi connectivity index (χ1) is 17.6. The van der Waals surface area contributed by atoms with Gasteiger partial charge in [-0.05, 0) is 56.3 Å². The third-order valence-corrected chi connectivity index (χ3v) is 6.98. The standard InChI is InChI=1S/C30H25FN2O3/c1-3-33(4-2)25-14-9-13-24(28(25)31)32-19-16-17-27-23(18-19)30(22-12-7-8-15-26(22)35-27)21-11-6-5-10-20(21)29(34)36-30/h5-18,32H,3-4H2,1-2H3. The Kier molecular flexibility index (Phi) is 5.18. The normalized spacial score (nSPS) is 17.0. The third kappa shape index (κ3) is 3.18. The summed E-state index contributed by atoms with van der Waals surface area (Å²) in [5.74, 6) is 0.520. The van der Waals surface area contributed by atoms with Gasteiger partial charge in [-0.1, -0.05) is 42.5 Å². The summed E-state index contributed by atoms with van der Waals surface area (Å²) >= 11 is 0. The number of esters is 1. The summed E-state index contributed by atoms with van der Waals surface area (Å²) in [6, 6.07) is 25.9. The van der Waals surface area contributed by atoms with Gasteiger partial charge in [0.05, 0.1) is 16.9 Å². The van der Waals surface area contributed by atoms with Crippen molar-refractivity contribution in [1.82, 2.24) is 0 Å². The van der Waals surface area contributed by atoms with E-state index in [-0.39, 0.29) is 11.8 Å². The van der Waals surface area contributed by atoms with Crippen molar-refractivity contribution in [3.63, 3.8) is 0 Å². The first kappa shape index (κ1) is 22.2. The third-order valence-electron chi connectivity index (χ3n) is 6.98. The Morgan fingerprint density at radius 3 is 2.36 bits per heavy atom. The lowest BCUT2D eigenvalue weighted by atomic mass is 9.77. The van der Waals surface area contributed by atoms with Crippen LogP contribution >= 0.6 is 0 Å². The molecule has 5 nitrogen and oxygen atoms in total. The number of anilines is 3. The Bertz CT molecular complexity index is 1500. The minimum absolute atomic E-state index is 0.312. The van der Waals surface area contributed by atoms with Crippen LogP contribution in [0.3, 0.4) is 0 Å². The second kappa shape index (κ2) is 8.41. The quantitative estimate of drug-likeness (QED) is 0.312. The van der Waals surface area contributed by atoms with Crippen molar-refractivity contribution in [3.8, 4) is 11.5 Å². The van der Waals surface area contributed by atoms with Gasteiger partial charge in [-0.25, -0.2) is 9.18 Å². The highest BCUT2D eigenvalue weighted by Gasteiger charge is 2.53. The molecule has 0 fully saturated rings. The molecule has 2 aliphatic rings. The van der Waals surface area contributed by atoms with Crippen molar-refractivity contribution < 1.29 is 18.7 Å². The lowest BCUT2D eigenvalue weighted by Gasteiger charge is -2.36. The van der Waals surface area contributed by atoms with Gasteiger partial charge in [0, 0.05) is 35.5 Å². The van der Waals surface area contributed by atoms with Crippen LogP contribution in [-0.2, 0) is 10.3 Å². The van der Waals surface area contributed by atoms with E-state index in [4.69, 9.17) is 9.47 Å². The number of carbonyl (C=O) groups is 1. The number of benzene rings is 4. The van der Waals surface area contributed by atoms with Crippen LogP contribution in [-0.4, -0.2) is 19.1 Å². The molecule has 0 aliphatic carbocycles. The van der Waals surface area contributed by atoms with Gasteiger partial charge in [0.1, 0.15) is 11.5 Å². The first-order valence-electron chi connectivity index (χ1n) is 12.1. The Labute approximate surface area is 209 Å².